The zero-order chi connectivity index (χ0) is 15.4. The highest BCUT2D eigenvalue weighted by atomic mass is 79.9. The Hall–Kier alpha value is -1.84. The van der Waals surface area contributed by atoms with Gasteiger partial charge in [0.2, 0.25) is 12.2 Å². The molecule has 0 saturated carbocycles. The van der Waals surface area contributed by atoms with E-state index in [1.54, 1.807) is 0 Å². The van der Waals surface area contributed by atoms with Crippen LogP contribution < -0.4 is 0 Å². The van der Waals surface area contributed by atoms with Crippen LogP contribution in [0.3, 0.4) is 0 Å². The van der Waals surface area contributed by atoms with E-state index in [9.17, 15) is 0 Å². The summed E-state index contributed by atoms with van der Waals surface area (Å²) in [5.41, 5.74) is 2.45. The summed E-state index contributed by atoms with van der Waals surface area (Å²) in [6, 6.07) is 16.6. The van der Waals surface area contributed by atoms with Crippen molar-refractivity contribution >= 4 is 44.0 Å². The van der Waals surface area contributed by atoms with Gasteiger partial charge in [-0.3, -0.25) is 0 Å². The molecule has 0 atom stereocenters. The number of isocyanates is 2. The second-order valence-corrected chi connectivity index (χ2v) is 5.06. The number of nitrogens with one attached hydrogen (secondary N) is 2. The van der Waals surface area contributed by atoms with Crippen LogP contribution >= 0.6 is 31.9 Å². The maximum Gasteiger partial charge on any atom is 0.231 e. The van der Waals surface area contributed by atoms with Crippen molar-refractivity contribution in [3.8, 4) is 11.1 Å². The fraction of sp³-hybridized carbons (Fsp3) is 0. The van der Waals surface area contributed by atoms with Crippen molar-refractivity contribution in [1.82, 2.24) is 0 Å². The number of benzene rings is 2. The van der Waals surface area contributed by atoms with Crippen molar-refractivity contribution < 1.29 is 9.59 Å². The lowest BCUT2D eigenvalue weighted by atomic mass is 10.1. The molecule has 0 bridgehead atoms. The lowest BCUT2D eigenvalue weighted by Crippen LogP contribution is -1.77. The third-order valence-electron chi connectivity index (χ3n) is 1.98. The third-order valence-corrected chi connectivity index (χ3v) is 2.97. The molecule has 2 N–H and O–H groups in total. The van der Waals surface area contributed by atoms with Crippen molar-refractivity contribution in [1.29, 1.82) is 10.8 Å². The predicted molar refractivity (Wildman–Crippen MR) is 84.1 cm³/mol. The van der Waals surface area contributed by atoms with Gasteiger partial charge in [-0.25, -0.2) is 20.4 Å². The molecule has 0 aliphatic heterocycles. The second kappa shape index (κ2) is 11.0. The lowest BCUT2D eigenvalue weighted by Gasteiger charge is -2.02. The molecule has 0 aliphatic rings. The maximum atomic E-state index is 8.35. The molecule has 0 heterocycles. The van der Waals surface area contributed by atoms with E-state index >= 15 is 0 Å². The van der Waals surface area contributed by atoms with Crippen LogP contribution in [0, 0.1) is 10.8 Å². The molecule has 6 heteroatoms. The number of hydrogen-bond donors (Lipinski definition) is 2. The average Bonchev–Trinajstić information content (AvgIpc) is 2.40. The fourth-order valence-corrected chi connectivity index (χ4v) is 2.13. The van der Waals surface area contributed by atoms with Gasteiger partial charge in [-0.05, 0) is 35.4 Å². The van der Waals surface area contributed by atoms with Crippen molar-refractivity contribution in [2.75, 3.05) is 0 Å². The monoisotopic (exact) mass is 396 g/mol. The van der Waals surface area contributed by atoms with Crippen molar-refractivity contribution in [2.24, 2.45) is 0 Å². The van der Waals surface area contributed by atoms with E-state index in [4.69, 9.17) is 20.4 Å². The van der Waals surface area contributed by atoms with Crippen LogP contribution in [0.4, 0.5) is 0 Å². The van der Waals surface area contributed by atoms with Gasteiger partial charge < -0.3 is 0 Å². The van der Waals surface area contributed by atoms with Crippen LogP contribution in [0.5, 0.6) is 0 Å². The van der Waals surface area contributed by atoms with Crippen molar-refractivity contribution in [3.63, 3.8) is 0 Å². The highest BCUT2D eigenvalue weighted by molar-refractivity contribution is 9.10. The molecule has 2 aromatic rings. The standard InChI is InChI=1S/C12H8Br2.2CHNO/c13-11-5-1-3-9(7-11)10-4-2-6-12(14)8-10;2*2-1-3/h1-8H;2*2H. The van der Waals surface area contributed by atoms with Gasteiger partial charge in [0, 0.05) is 8.95 Å². The summed E-state index contributed by atoms with van der Waals surface area (Å²) in [7, 11) is 0. The number of rotatable bonds is 1. The molecular formula is C14H10Br2N2O2. The Morgan fingerprint density at radius 3 is 1.30 bits per heavy atom. The minimum absolute atomic E-state index is 0.750. The summed E-state index contributed by atoms with van der Waals surface area (Å²) in [5.74, 6) is 0. The van der Waals surface area contributed by atoms with Crippen LogP contribution in [0.25, 0.3) is 11.1 Å². The van der Waals surface area contributed by atoms with Crippen LogP contribution in [-0.4, -0.2) is 12.2 Å². The van der Waals surface area contributed by atoms with E-state index in [0.717, 1.165) is 21.1 Å². The molecule has 0 saturated heterocycles. The number of carbonyl (C=O) groups excluding carboxylic acids is 2. The van der Waals surface area contributed by atoms with Crippen molar-refractivity contribution in [2.45, 2.75) is 0 Å². The van der Waals surface area contributed by atoms with Gasteiger partial charge in [0.05, 0.1) is 0 Å². The van der Waals surface area contributed by atoms with E-state index < -0.39 is 0 Å². The SMILES string of the molecule is Brc1cccc(-c2cccc(Br)c2)c1.N=C=O.N=C=O. The van der Waals surface area contributed by atoms with Gasteiger partial charge in [0.25, 0.3) is 0 Å². The fourth-order valence-electron chi connectivity index (χ4n) is 1.34. The maximum absolute atomic E-state index is 8.35. The summed E-state index contributed by atoms with van der Waals surface area (Å²) >= 11 is 6.93. The smallest absolute Gasteiger partial charge is 0.222 e. The molecule has 0 radical (unpaired) electrons. The first-order valence-electron chi connectivity index (χ1n) is 5.18. The Balaban J connectivity index is 0.000000520. The molecule has 0 aliphatic carbocycles. The number of hydrogen-bond acceptors (Lipinski definition) is 4. The highest BCUT2D eigenvalue weighted by Gasteiger charge is 1.97. The van der Waals surface area contributed by atoms with Crippen LogP contribution in [-0.2, 0) is 9.59 Å². The Morgan fingerprint density at radius 1 is 0.750 bits per heavy atom. The van der Waals surface area contributed by atoms with Crippen LogP contribution in [0.2, 0.25) is 0 Å². The van der Waals surface area contributed by atoms with Crippen molar-refractivity contribution in [3.05, 3.63) is 57.5 Å². The molecule has 0 unspecified atom stereocenters. The van der Waals surface area contributed by atoms with Crippen LogP contribution in [0.1, 0.15) is 0 Å². The Morgan fingerprint density at radius 2 is 1.05 bits per heavy atom. The Bertz CT molecular complexity index is 563. The van der Waals surface area contributed by atoms with Gasteiger partial charge in [0.1, 0.15) is 0 Å². The predicted octanol–water partition coefficient (Wildman–Crippen LogP) is 4.68. The molecule has 0 amide bonds. The first-order valence-corrected chi connectivity index (χ1v) is 6.76. The molecule has 0 spiro atoms. The molecule has 2 rings (SSSR count). The van der Waals surface area contributed by atoms with E-state index in [1.807, 2.05) is 24.3 Å². The van der Waals surface area contributed by atoms with Gasteiger partial charge in [-0.2, -0.15) is 0 Å². The average molecular weight is 398 g/mol. The molecule has 0 fully saturated rings. The summed E-state index contributed by atoms with van der Waals surface area (Å²) in [4.78, 5) is 16.7. The summed E-state index contributed by atoms with van der Waals surface area (Å²) in [6.07, 6.45) is 1.50. The first-order chi connectivity index (χ1) is 9.58. The van der Waals surface area contributed by atoms with E-state index in [2.05, 4.69) is 56.1 Å². The molecule has 0 aromatic heterocycles. The zero-order valence-corrected chi connectivity index (χ0v) is 13.4. The topological polar surface area (TPSA) is 81.8 Å². The summed E-state index contributed by atoms with van der Waals surface area (Å²) in [5, 5.41) is 10.8. The van der Waals surface area contributed by atoms with Crippen LogP contribution in [0.15, 0.2) is 57.5 Å². The zero-order valence-electron chi connectivity index (χ0n) is 10.2. The lowest BCUT2D eigenvalue weighted by molar-refractivity contribution is 0.562. The van der Waals surface area contributed by atoms with E-state index in [0.29, 0.717) is 0 Å². The first kappa shape index (κ1) is 18.2. The molecule has 102 valence electrons. The van der Waals surface area contributed by atoms with E-state index in [1.165, 1.54) is 11.1 Å². The van der Waals surface area contributed by atoms with E-state index in [-0.39, 0.29) is 0 Å². The minimum atomic E-state index is 0.750. The second-order valence-electron chi connectivity index (χ2n) is 3.22. The highest BCUT2D eigenvalue weighted by Crippen LogP contribution is 2.25. The quantitative estimate of drug-likeness (QED) is 0.540. The Labute approximate surface area is 133 Å². The van der Waals surface area contributed by atoms with Gasteiger partial charge in [-0.1, -0.05) is 56.1 Å². The molecule has 4 nitrogen and oxygen atoms in total. The normalized spacial score (nSPS) is 7.90. The molecular weight excluding hydrogens is 388 g/mol. The Kier molecular flexibility index (Phi) is 10.0. The van der Waals surface area contributed by atoms with Gasteiger partial charge >= 0.3 is 0 Å². The number of halogens is 2. The van der Waals surface area contributed by atoms with Gasteiger partial charge in [0.15, 0.2) is 0 Å². The minimum Gasteiger partial charge on any atom is -0.222 e. The molecule has 20 heavy (non-hydrogen) atoms. The molecule has 2 aromatic carbocycles. The largest absolute Gasteiger partial charge is 0.231 e. The third kappa shape index (κ3) is 7.56. The summed E-state index contributed by atoms with van der Waals surface area (Å²) < 4.78 is 2.21. The summed E-state index contributed by atoms with van der Waals surface area (Å²) in [6.45, 7) is 0. The van der Waals surface area contributed by atoms with Gasteiger partial charge in [-0.15, -0.1) is 0 Å².